The number of benzene rings is 2. The molecule has 110 valence electrons. The number of hydrogen-bond acceptors (Lipinski definition) is 3. The summed E-state index contributed by atoms with van der Waals surface area (Å²) in [4.78, 5) is 0. The van der Waals surface area contributed by atoms with E-state index in [1.54, 1.807) is 12.1 Å². The molecule has 3 rings (SSSR count). The molecule has 0 saturated heterocycles. The number of ether oxygens (including phenoxy) is 2. The van der Waals surface area contributed by atoms with E-state index < -0.39 is 12.1 Å². The third kappa shape index (κ3) is 3.00. The van der Waals surface area contributed by atoms with Crippen LogP contribution in [0.25, 0.3) is 0 Å². The molecule has 1 aliphatic heterocycles. The second-order valence-corrected chi connectivity index (χ2v) is 4.83. The molecule has 1 N–H and O–H groups in total. The van der Waals surface area contributed by atoms with Crippen molar-refractivity contribution in [2.45, 2.75) is 12.8 Å². The van der Waals surface area contributed by atoms with Crippen molar-refractivity contribution in [2.24, 2.45) is 0 Å². The van der Waals surface area contributed by atoms with Gasteiger partial charge in [0.15, 0.2) is 11.5 Å². The van der Waals surface area contributed by atoms with Crippen LogP contribution in [0.2, 0.25) is 5.02 Å². The lowest BCUT2D eigenvalue weighted by molar-refractivity contribution is -0.286. The fourth-order valence-electron chi connectivity index (χ4n) is 1.92. The molecule has 3 nitrogen and oxygen atoms in total. The van der Waals surface area contributed by atoms with Crippen LogP contribution in [0.4, 0.5) is 18.9 Å². The van der Waals surface area contributed by atoms with Crippen LogP contribution >= 0.6 is 11.6 Å². The average molecular weight is 316 g/mol. The highest BCUT2D eigenvalue weighted by Crippen LogP contribution is 2.42. The van der Waals surface area contributed by atoms with Crippen LogP contribution < -0.4 is 14.8 Å². The van der Waals surface area contributed by atoms with Gasteiger partial charge >= 0.3 is 6.29 Å². The van der Waals surface area contributed by atoms with Crippen LogP contribution in [0, 0.1) is 5.82 Å². The van der Waals surface area contributed by atoms with Crippen molar-refractivity contribution in [1.82, 2.24) is 0 Å². The van der Waals surface area contributed by atoms with Crippen molar-refractivity contribution in [3.63, 3.8) is 0 Å². The first kappa shape index (κ1) is 13.9. The van der Waals surface area contributed by atoms with E-state index in [-0.39, 0.29) is 16.5 Å². The number of rotatable bonds is 3. The van der Waals surface area contributed by atoms with E-state index in [9.17, 15) is 13.2 Å². The first-order chi connectivity index (χ1) is 9.93. The number of fused-ring (bicyclic) bond motifs is 1. The Balaban J connectivity index is 1.72. The topological polar surface area (TPSA) is 30.5 Å². The minimum Gasteiger partial charge on any atom is -0.395 e. The Morgan fingerprint density at radius 3 is 2.57 bits per heavy atom. The summed E-state index contributed by atoms with van der Waals surface area (Å²) in [5, 5.41) is 3.28. The standard InChI is InChI=1S/C14H9ClF3NO2/c15-11-5-9(16)2-1-8(11)7-19-10-3-4-12-13(6-10)21-14(17,18)20-12/h1-6,19H,7H2. The second-order valence-electron chi connectivity index (χ2n) is 4.42. The van der Waals surface area contributed by atoms with E-state index in [0.29, 0.717) is 17.8 Å². The lowest BCUT2D eigenvalue weighted by Crippen LogP contribution is -2.25. The number of nitrogens with one attached hydrogen (secondary N) is 1. The lowest BCUT2D eigenvalue weighted by Gasteiger charge is -2.08. The minimum atomic E-state index is -3.64. The molecule has 1 heterocycles. The van der Waals surface area contributed by atoms with Crippen molar-refractivity contribution < 1.29 is 22.6 Å². The summed E-state index contributed by atoms with van der Waals surface area (Å²) >= 11 is 5.90. The highest BCUT2D eigenvalue weighted by Gasteiger charge is 2.43. The minimum absolute atomic E-state index is 0.0228. The Morgan fingerprint density at radius 1 is 1.05 bits per heavy atom. The van der Waals surface area contributed by atoms with Gasteiger partial charge in [-0.05, 0) is 29.8 Å². The normalized spacial score (nSPS) is 15.0. The third-order valence-corrected chi connectivity index (χ3v) is 3.25. The quantitative estimate of drug-likeness (QED) is 0.910. The number of halogens is 4. The van der Waals surface area contributed by atoms with Crippen molar-refractivity contribution in [3.05, 3.63) is 52.8 Å². The van der Waals surface area contributed by atoms with Crippen LogP contribution in [-0.4, -0.2) is 6.29 Å². The van der Waals surface area contributed by atoms with E-state index in [0.717, 1.165) is 0 Å². The number of anilines is 1. The largest absolute Gasteiger partial charge is 0.586 e. The summed E-state index contributed by atoms with van der Waals surface area (Å²) in [7, 11) is 0. The van der Waals surface area contributed by atoms with Crippen molar-refractivity contribution in [3.8, 4) is 11.5 Å². The van der Waals surface area contributed by atoms with Gasteiger partial charge in [-0.3, -0.25) is 0 Å². The van der Waals surface area contributed by atoms with E-state index in [2.05, 4.69) is 14.8 Å². The van der Waals surface area contributed by atoms with Gasteiger partial charge in [0.2, 0.25) is 0 Å². The molecule has 1 aliphatic rings. The van der Waals surface area contributed by atoms with Gasteiger partial charge in [0, 0.05) is 23.3 Å². The SMILES string of the molecule is Fc1ccc(CNc2ccc3c(c2)OC(F)(F)O3)c(Cl)c1. The summed E-state index contributed by atoms with van der Waals surface area (Å²) in [6, 6.07) is 8.40. The van der Waals surface area contributed by atoms with Gasteiger partial charge in [0.05, 0.1) is 0 Å². The van der Waals surface area contributed by atoms with Gasteiger partial charge in [0.25, 0.3) is 0 Å². The number of alkyl halides is 2. The predicted molar refractivity (Wildman–Crippen MR) is 71.4 cm³/mol. The lowest BCUT2D eigenvalue weighted by atomic mass is 10.2. The number of hydrogen-bond donors (Lipinski definition) is 1. The molecule has 0 radical (unpaired) electrons. The van der Waals surface area contributed by atoms with Crippen LogP contribution in [0.1, 0.15) is 5.56 Å². The maximum Gasteiger partial charge on any atom is 0.586 e. The average Bonchev–Trinajstić information content (AvgIpc) is 2.70. The Hall–Kier alpha value is -2.08. The maximum absolute atomic E-state index is 12.9. The van der Waals surface area contributed by atoms with Gasteiger partial charge in [-0.25, -0.2) is 4.39 Å². The highest BCUT2D eigenvalue weighted by molar-refractivity contribution is 6.31. The van der Waals surface area contributed by atoms with Crippen molar-refractivity contribution in [1.29, 1.82) is 0 Å². The molecule has 0 atom stereocenters. The van der Waals surface area contributed by atoms with E-state index in [1.807, 2.05) is 0 Å². The molecule has 0 fully saturated rings. The highest BCUT2D eigenvalue weighted by atomic mass is 35.5. The van der Waals surface area contributed by atoms with Gasteiger partial charge in [-0.1, -0.05) is 17.7 Å². The fourth-order valence-corrected chi connectivity index (χ4v) is 2.16. The van der Waals surface area contributed by atoms with Crippen LogP contribution in [0.3, 0.4) is 0 Å². The molecule has 0 bridgehead atoms. The van der Waals surface area contributed by atoms with Crippen molar-refractivity contribution in [2.75, 3.05) is 5.32 Å². The van der Waals surface area contributed by atoms with Gasteiger partial charge in [-0.2, -0.15) is 0 Å². The van der Waals surface area contributed by atoms with Crippen LogP contribution in [0.5, 0.6) is 11.5 Å². The summed E-state index contributed by atoms with van der Waals surface area (Å²) < 4.78 is 47.4. The van der Waals surface area contributed by atoms with Gasteiger partial charge in [-0.15, -0.1) is 8.78 Å². The first-order valence-corrected chi connectivity index (χ1v) is 6.38. The monoisotopic (exact) mass is 315 g/mol. The first-order valence-electron chi connectivity index (χ1n) is 6.01. The smallest absolute Gasteiger partial charge is 0.395 e. The van der Waals surface area contributed by atoms with E-state index in [1.165, 1.54) is 24.3 Å². The van der Waals surface area contributed by atoms with E-state index in [4.69, 9.17) is 11.6 Å². The summed E-state index contributed by atoms with van der Waals surface area (Å²) in [5.41, 5.74) is 1.23. The summed E-state index contributed by atoms with van der Waals surface area (Å²) in [6.45, 7) is 0.315. The molecule has 2 aromatic carbocycles. The second kappa shape index (κ2) is 5.04. The Morgan fingerprint density at radius 2 is 1.81 bits per heavy atom. The van der Waals surface area contributed by atoms with Crippen molar-refractivity contribution >= 4 is 17.3 Å². The zero-order chi connectivity index (χ0) is 15.0. The molecule has 0 unspecified atom stereocenters. The van der Waals surface area contributed by atoms with Crippen LogP contribution in [-0.2, 0) is 6.54 Å². The molecule has 7 heteroatoms. The summed E-state index contributed by atoms with van der Waals surface area (Å²) in [6.07, 6.45) is -3.64. The predicted octanol–water partition coefficient (Wildman–Crippen LogP) is 4.41. The molecule has 0 amide bonds. The van der Waals surface area contributed by atoms with E-state index >= 15 is 0 Å². The zero-order valence-corrected chi connectivity index (χ0v) is 11.3. The molecular formula is C14H9ClF3NO2. The zero-order valence-electron chi connectivity index (χ0n) is 10.5. The molecular weight excluding hydrogens is 307 g/mol. The Kier molecular flexibility index (Phi) is 3.33. The van der Waals surface area contributed by atoms with Gasteiger partial charge < -0.3 is 14.8 Å². The Labute approximate surface area is 123 Å². The fraction of sp³-hybridized carbons (Fsp3) is 0.143. The summed E-state index contributed by atoms with van der Waals surface area (Å²) in [5.74, 6) is -0.491. The van der Waals surface area contributed by atoms with Crippen LogP contribution in [0.15, 0.2) is 36.4 Å². The molecule has 2 aromatic rings. The Bertz CT molecular complexity index is 694. The molecule has 0 spiro atoms. The maximum atomic E-state index is 12.9. The molecule has 0 aromatic heterocycles. The molecule has 21 heavy (non-hydrogen) atoms. The van der Waals surface area contributed by atoms with Gasteiger partial charge in [0.1, 0.15) is 5.82 Å². The molecule has 0 saturated carbocycles. The third-order valence-electron chi connectivity index (χ3n) is 2.90. The molecule has 0 aliphatic carbocycles.